The lowest BCUT2D eigenvalue weighted by molar-refractivity contribution is 0.181. The third-order valence-electron chi connectivity index (χ3n) is 5.50. The highest BCUT2D eigenvalue weighted by Gasteiger charge is 2.21. The van der Waals surface area contributed by atoms with Crippen molar-refractivity contribution in [1.82, 2.24) is 19.7 Å². The number of aryl methyl sites for hydroxylation is 1. The van der Waals surface area contributed by atoms with Gasteiger partial charge in [-0.3, -0.25) is 4.98 Å². The van der Waals surface area contributed by atoms with Crippen molar-refractivity contribution < 1.29 is 26.9 Å². The van der Waals surface area contributed by atoms with E-state index in [0.717, 1.165) is 11.6 Å². The lowest BCUT2D eigenvalue weighted by Gasteiger charge is -2.09. The molecular weight excluding hydrogens is 537 g/mol. The molecule has 0 spiro atoms. The van der Waals surface area contributed by atoms with Crippen molar-refractivity contribution in [1.29, 1.82) is 0 Å². The number of thiazole rings is 1. The number of benzene rings is 3. The summed E-state index contributed by atoms with van der Waals surface area (Å²) in [6.07, 6.45) is 1.61. The first-order valence-electron chi connectivity index (χ1n) is 11.4. The molecule has 7 nitrogen and oxygen atoms in total. The minimum Gasteiger partial charge on any atom is -0.489 e. The largest absolute Gasteiger partial charge is 0.489 e. The Labute approximate surface area is 222 Å². The van der Waals surface area contributed by atoms with Crippen LogP contribution in [0.2, 0.25) is 0 Å². The van der Waals surface area contributed by atoms with Crippen molar-refractivity contribution in [2.75, 3.05) is 20.3 Å². The maximum atomic E-state index is 15.0. The number of nitrogens with one attached hydrogen (secondary N) is 1. The first-order chi connectivity index (χ1) is 18.3. The van der Waals surface area contributed by atoms with Crippen molar-refractivity contribution in [3.8, 4) is 16.3 Å². The van der Waals surface area contributed by atoms with Crippen LogP contribution >= 0.6 is 11.3 Å². The van der Waals surface area contributed by atoms with Crippen LogP contribution in [-0.2, 0) is 22.3 Å². The summed E-state index contributed by atoms with van der Waals surface area (Å²) >= 11 is 1.18. The third kappa shape index (κ3) is 5.39. The summed E-state index contributed by atoms with van der Waals surface area (Å²) in [5.74, 6) is -3.09. The molecule has 2 heterocycles. The number of halogens is 3. The lowest BCUT2D eigenvalue weighted by Crippen LogP contribution is -2.23. The Morgan fingerprint density at radius 3 is 2.68 bits per heavy atom. The molecule has 38 heavy (non-hydrogen) atoms. The van der Waals surface area contributed by atoms with Gasteiger partial charge in [0, 0.05) is 25.3 Å². The van der Waals surface area contributed by atoms with E-state index in [1.54, 1.807) is 13.3 Å². The topological polar surface area (TPSA) is 86.2 Å². The Morgan fingerprint density at radius 1 is 1.05 bits per heavy atom. The number of hydrogen-bond acceptors (Lipinski definition) is 7. The van der Waals surface area contributed by atoms with E-state index < -0.39 is 28.4 Å². The first kappa shape index (κ1) is 26.2. The Morgan fingerprint density at radius 2 is 1.89 bits per heavy atom. The third-order valence-corrected chi connectivity index (χ3v) is 7.68. The van der Waals surface area contributed by atoms with Crippen molar-refractivity contribution in [2.24, 2.45) is 0 Å². The maximum absolute atomic E-state index is 15.0. The molecule has 3 aromatic carbocycles. The molecule has 0 radical (unpaired) electrons. The number of fused-ring (bicyclic) bond motifs is 2. The van der Waals surface area contributed by atoms with E-state index in [9.17, 15) is 17.4 Å². The average Bonchev–Trinajstić information content (AvgIpc) is 3.33. The van der Waals surface area contributed by atoms with Gasteiger partial charge in [0.2, 0.25) is 5.82 Å². The summed E-state index contributed by atoms with van der Waals surface area (Å²) in [5.41, 5.74) is 3.36. The monoisotopic (exact) mass is 558 g/mol. The van der Waals surface area contributed by atoms with Crippen LogP contribution in [0.15, 0.2) is 53.6 Å². The molecule has 0 aliphatic heterocycles. The first-order valence-corrected chi connectivity index (χ1v) is 13.4. The molecule has 12 heteroatoms. The van der Waals surface area contributed by atoms with Crippen LogP contribution in [0.3, 0.4) is 0 Å². The molecule has 1 atom stereocenters. The zero-order chi connectivity index (χ0) is 26.8. The number of rotatable bonds is 9. The summed E-state index contributed by atoms with van der Waals surface area (Å²) in [7, 11) is -0.108. The second kappa shape index (κ2) is 11.1. The number of aromatic nitrogens is 3. The van der Waals surface area contributed by atoms with E-state index >= 15 is 0 Å². The minimum absolute atomic E-state index is 0.0508. The quantitative estimate of drug-likeness (QED) is 0.242. The molecule has 0 fully saturated rings. The van der Waals surface area contributed by atoms with Crippen LogP contribution in [0.5, 0.6) is 5.75 Å². The van der Waals surface area contributed by atoms with Crippen LogP contribution in [0, 0.1) is 24.4 Å². The molecule has 5 rings (SSSR count). The van der Waals surface area contributed by atoms with Crippen LogP contribution in [0.25, 0.3) is 31.8 Å². The molecule has 0 saturated carbocycles. The minimum atomic E-state index is -1.68. The zero-order valence-corrected chi connectivity index (χ0v) is 21.9. The van der Waals surface area contributed by atoms with Gasteiger partial charge in [0.25, 0.3) is 0 Å². The standard InChI is InChI=1S/C26H21F3N4O3S2/c1-14-8-18(24-19(9-14)32-16(12-30-24)13-35-2)26-33-25-21(37-26)11-20(22(28)23(25)29)36-7-6-31-38(34)17-5-3-4-15(27)10-17/h3-5,8-12,31H,6-7,13H2,1-2H3. The predicted molar refractivity (Wildman–Crippen MR) is 140 cm³/mol. The van der Waals surface area contributed by atoms with Crippen molar-refractivity contribution in [2.45, 2.75) is 18.4 Å². The number of hydrogen-bond donors (Lipinski definition) is 1. The Kier molecular flexibility index (Phi) is 7.65. The van der Waals surface area contributed by atoms with E-state index in [1.807, 2.05) is 19.1 Å². The summed E-state index contributed by atoms with van der Waals surface area (Å²) in [5, 5.41) is 0.463. The van der Waals surface area contributed by atoms with Gasteiger partial charge in [0.05, 0.1) is 39.1 Å². The fraction of sp³-hybridized carbons (Fsp3) is 0.192. The predicted octanol–water partition coefficient (Wildman–Crippen LogP) is 5.47. The highest BCUT2D eigenvalue weighted by atomic mass is 32.2. The molecule has 2 aromatic heterocycles. The molecule has 0 amide bonds. The molecule has 0 aliphatic rings. The fourth-order valence-electron chi connectivity index (χ4n) is 3.85. The van der Waals surface area contributed by atoms with Gasteiger partial charge in [-0.25, -0.2) is 27.7 Å². The van der Waals surface area contributed by atoms with Gasteiger partial charge in [-0.15, -0.1) is 11.3 Å². The molecule has 1 N–H and O–H groups in total. The van der Waals surface area contributed by atoms with Gasteiger partial charge in [-0.1, -0.05) is 6.07 Å². The van der Waals surface area contributed by atoms with Crippen LogP contribution in [-0.4, -0.2) is 39.4 Å². The number of ether oxygens (including phenoxy) is 2. The van der Waals surface area contributed by atoms with Gasteiger partial charge in [-0.2, -0.15) is 4.39 Å². The second-order valence-corrected chi connectivity index (χ2v) is 10.6. The molecular formula is C26H21F3N4O3S2. The molecule has 1 unspecified atom stereocenters. The van der Waals surface area contributed by atoms with Gasteiger partial charge >= 0.3 is 0 Å². The summed E-state index contributed by atoms with van der Waals surface area (Å²) < 4.78 is 68.9. The van der Waals surface area contributed by atoms with Crippen LogP contribution in [0.1, 0.15) is 11.3 Å². The number of methoxy groups -OCH3 is 1. The zero-order valence-electron chi connectivity index (χ0n) is 20.3. The Balaban J connectivity index is 1.38. The SMILES string of the molecule is COCc1cnc2c(-c3nc4c(F)c(F)c(OCCNS(=O)c5cccc(F)c5)cc4s3)cc(C)cc2n1. The highest BCUT2D eigenvalue weighted by molar-refractivity contribution is 7.83. The molecule has 0 aliphatic carbocycles. The average molecular weight is 559 g/mol. The van der Waals surface area contributed by atoms with E-state index in [-0.39, 0.29) is 29.3 Å². The van der Waals surface area contributed by atoms with Crippen molar-refractivity contribution >= 4 is 43.6 Å². The Bertz CT molecular complexity index is 1680. The van der Waals surface area contributed by atoms with Crippen molar-refractivity contribution in [3.63, 3.8) is 0 Å². The summed E-state index contributed by atoms with van der Waals surface area (Å²) in [4.78, 5) is 13.7. The Hall–Kier alpha value is -3.45. The summed E-state index contributed by atoms with van der Waals surface area (Å²) in [6.45, 7) is 2.17. The summed E-state index contributed by atoms with van der Waals surface area (Å²) in [6, 6.07) is 10.5. The van der Waals surface area contributed by atoms with Crippen LogP contribution in [0.4, 0.5) is 13.2 Å². The van der Waals surface area contributed by atoms with Crippen LogP contribution < -0.4 is 9.46 Å². The second-order valence-electron chi connectivity index (χ2n) is 8.31. The van der Waals surface area contributed by atoms with Crippen molar-refractivity contribution in [3.05, 3.63) is 77.4 Å². The van der Waals surface area contributed by atoms with Gasteiger partial charge in [-0.05, 0) is 42.8 Å². The smallest absolute Gasteiger partial charge is 0.202 e. The molecule has 196 valence electrons. The number of nitrogens with zero attached hydrogens (tertiary/aromatic N) is 3. The van der Waals surface area contributed by atoms with E-state index in [2.05, 4.69) is 19.7 Å². The lowest BCUT2D eigenvalue weighted by atomic mass is 10.1. The fourth-order valence-corrected chi connectivity index (χ4v) is 5.71. The van der Waals surface area contributed by atoms with Gasteiger partial charge < -0.3 is 9.47 Å². The van der Waals surface area contributed by atoms with E-state index in [4.69, 9.17) is 9.47 Å². The molecule has 0 bridgehead atoms. The molecule has 0 saturated heterocycles. The van der Waals surface area contributed by atoms with E-state index in [1.165, 1.54) is 35.6 Å². The normalized spacial score (nSPS) is 12.3. The van der Waals surface area contributed by atoms with Gasteiger partial charge in [0.15, 0.2) is 11.6 Å². The highest BCUT2D eigenvalue weighted by Crippen LogP contribution is 2.38. The molecule has 5 aromatic rings. The van der Waals surface area contributed by atoms with Gasteiger partial charge in [0.1, 0.15) is 33.9 Å². The maximum Gasteiger partial charge on any atom is 0.202 e. The van der Waals surface area contributed by atoms with E-state index in [0.29, 0.717) is 38.6 Å².